The highest BCUT2D eigenvalue weighted by Crippen LogP contribution is 2.20. The molecule has 3 rings (SSSR count). The Hall–Kier alpha value is -3.31. The van der Waals surface area contributed by atoms with E-state index in [1.165, 1.54) is 18.3 Å². The Morgan fingerprint density at radius 2 is 2.03 bits per heavy atom. The first-order valence-electron chi connectivity index (χ1n) is 10.1. The summed E-state index contributed by atoms with van der Waals surface area (Å²) >= 11 is 3.15. The minimum absolute atomic E-state index is 0.0298. The fourth-order valence-electron chi connectivity index (χ4n) is 2.94. The van der Waals surface area contributed by atoms with E-state index in [1.54, 1.807) is 30.3 Å². The second-order valence-corrected chi connectivity index (χ2v) is 7.96. The lowest BCUT2D eigenvalue weighted by Gasteiger charge is -2.10. The molecule has 2 aromatic rings. The van der Waals surface area contributed by atoms with Crippen LogP contribution in [0, 0.1) is 5.82 Å². The molecule has 0 spiro atoms. The minimum Gasteiger partial charge on any atom is -0.483 e. The van der Waals surface area contributed by atoms with Crippen LogP contribution >= 0.6 is 15.9 Å². The fourth-order valence-corrected chi connectivity index (χ4v) is 3.28. The van der Waals surface area contributed by atoms with E-state index >= 15 is 0 Å². The number of hydrogen-bond acceptors (Lipinski definition) is 6. The molecule has 0 unspecified atom stereocenters. The van der Waals surface area contributed by atoms with Crippen LogP contribution in [0.15, 0.2) is 52.0 Å². The third-order valence-corrected chi connectivity index (χ3v) is 5.07. The molecule has 33 heavy (non-hydrogen) atoms. The van der Waals surface area contributed by atoms with Gasteiger partial charge in [0.25, 0.3) is 5.91 Å². The topological polar surface area (TPSA) is 118 Å². The summed E-state index contributed by atoms with van der Waals surface area (Å²) in [5.41, 5.74) is 2.63. The molecule has 0 aliphatic carbocycles. The van der Waals surface area contributed by atoms with Crippen LogP contribution in [-0.2, 0) is 19.1 Å². The maximum Gasteiger partial charge on any atom is 0.329 e. The monoisotopic (exact) mass is 520 g/mol. The summed E-state index contributed by atoms with van der Waals surface area (Å²) in [6.07, 6.45) is 2.98. The molecule has 2 aromatic carbocycles. The number of halogens is 2. The first-order chi connectivity index (χ1) is 15.9. The number of hydrogen-bond donors (Lipinski definition) is 3. The van der Waals surface area contributed by atoms with Crippen LogP contribution in [0.1, 0.15) is 18.4 Å². The van der Waals surface area contributed by atoms with Crippen LogP contribution in [0.25, 0.3) is 0 Å². The van der Waals surface area contributed by atoms with E-state index < -0.39 is 23.5 Å². The molecule has 0 aromatic heterocycles. The number of para-hydroxylation sites is 1. The largest absolute Gasteiger partial charge is 0.483 e. The van der Waals surface area contributed by atoms with Gasteiger partial charge in [-0.2, -0.15) is 5.10 Å². The molecule has 174 valence electrons. The molecule has 1 aliphatic rings. The maximum absolute atomic E-state index is 13.9. The molecule has 1 heterocycles. The predicted molar refractivity (Wildman–Crippen MR) is 122 cm³/mol. The molecule has 9 nitrogen and oxygen atoms in total. The van der Waals surface area contributed by atoms with Crippen molar-refractivity contribution in [3.8, 4) is 5.75 Å². The van der Waals surface area contributed by atoms with E-state index in [-0.39, 0.29) is 24.9 Å². The number of nitrogens with one attached hydrogen (secondary N) is 3. The smallest absolute Gasteiger partial charge is 0.329 e. The highest BCUT2D eigenvalue weighted by atomic mass is 79.9. The van der Waals surface area contributed by atoms with Gasteiger partial charge in [-0.3, -0.25) is 14.4 Å². The number of amides is 3. The summed E-state index contributed by atoms with van der Waals surface area (Å²) in [7, 11) is 0. The number of anilines is 1. The average Bonchev–Trinajstić information content (AvgIpc) is 3.32. The van der Waals surface area contributed by atoms with Gasteiger partial charge >= 0.3 is 11.8 Å². The second kappa shape index (κ2) is 12.1. The standard InChI is InChI=1S/C22H22BrFN4O5/c23-15-7-8-18(17(24)10-15)27-20(29)13-33-19-6-2-1-4-14(19)11-26-28-22(31)21(30)25-12-16-5-3-9-32-16/h1-2,4,6-8,10-11,16H,3,5,9,12-13H2,(H,25,30)(H,27,29)(H,28,31)/b26-11-/t16-/m1/s1. The Morgan fingerprint density at radius 1 is 1.21 bits per heavy atom. The third kappa shape index (κ3) is 7.65. The Bertz CT molecular complexity index is 1040. The maximum atomic E-state index is 13.9. The number of hydrazone groups is 1. The van der Waals surface area contributed by atoms with Crippen molar-refractivity contribution < 1.29 is 28.2 Å². The van der Waals surface area contributed by atoms with E-state index in [0.717, 1.165) is 12.8 Å². The molecular weight excluding hydrogens is 499 g/mol. The zero-order valence-corrected chi connectivity index (χ0v) is 19.1. The van der Waals surface area contributed by atoms with Crippen LogP contribution in [0.5, 0.6) is 5.75 Å². The van der Waals surface area contributed by atoms with E-state index in [1.807, 2.05) is 0 Å². The first kappa shape index (κ1) is 24.3. The summed E-state index contributed by atoms with van der Waals surface area (Å²) in [4.78, 5) is 35.8. The first-order valence-corrected chi connectivity index (χ1v) is 10.9. The molecule has 3 N–H and O–H groups in total. The van der Waals surface area contributed by atoms with E-state index in [0.29, 0.717) is 22.4 Å². The molecule has 1 fully saturated rings. The van der Waals surface area contributed by atoms with Crippen molar-refractivity contribution in [3.05, 3.63) is 58.3 Å². The van der Waals surface area contributed by atoms with Gasteiger partial charge in [0.15, 0.2) is 6.61 Å². The number of nitrogens with zero attached hydrogens (tertiary/aromatic N) is 1. The predicted octanol–water partition coefficient (Wildman–Crippen LogP) is 2.35. The highest BCUT2D eigenvalue weighted by molar-refractivity contribution is 9.10. The second-order valence-electron chi connectivity index (χ2n) is 7.04. The summed E-state index contributed by atoms with van der Waals surface area (Å²) < 4.78 is 25.3. The summed E-state index contributed by atoms with van der Waals surface area (Å²) in [5, 5.41) is 8.69. The molecule has 0 bridgehead atoms. The Balaban J connectivity index is 1.48. The number of ether oxygens (including phenoxy) is 2. The molecule has 0 radical (unpaired) electrons. The van der Waals surface area contributed by atoms with Gasteiger partial charge in [-0.1, -0.05) is 28.1 Å². The van der Waals surface area contributed by atoms with Gasteiger partial charge in [-0.05, 0) is 43.2 Å². The molecule has 3 amide bonds. The summed E-state index contributed by atoms with van der Waals surface area (Å²) in [6, 6.07) is 10.9. The number of benzene rings is 2. The van der Waals surface area contributed by atoms with Crippen molar-refractivity contribution in [1.82, 2.24) is 10.7 Å². The van der Waals surface area contributed by atoms with Crippen molar-refractivity contribution >= 4 is 45.6 Å². The van der Waals surface area contributed by atoms with Gasteiger partial charge in [-0.25, -0.2) is 9.82 Å². The molecule has 11 heteroatoms. The Morgan fingerprint density at radius 3 is 2.79 bits per heavy atom. The van der Waals surface area contributed by atoms with E-state index in [4.69, 9.17) is 9.47 Å². The SMILES string of the molecule is O=C(COc1ccccc1/C=N\NC(=O)C(=O)NC[C@H]1CCCO1)Nc1ccc(Br)cc1F. The molecular formula is C22H22BrFN4O5. The summed E-state index contributed by atoms with van der Waals surface area (Å²) in [6.45, 7) is 0.540. The Labute approximate surface area is 197 Å². The average molecular weight is 521 g/mol. The van der Waals surface area contributed by atoms with Crippen molar-refractivity contribution in [2.24, 2.45) is 5.10 Å². The van der Waals surface area contributed by atoms with E-state index in [9.17, 15) is 18.8 Å². The van der Waals surface area contributed by atoms with Crippen molar-refractivity contribution in [2.45, 2.75) is 18.9 Å². The van der Waals surface area contributed by atoms with E-state index in [2.05, 4.69) is 37.1 Å². The molecule has 1 saturated heterocycles. The van der Waals surface area contributed by atoms with Crippen molar-refractivity contribution in [1.29, 1.82) is 0 Å². The van der Waals surface area contributed by atoms with Crippen LogP contribution in [0.4, 0.5) is 10.1 Å². The van der Waals surface area contributed by atoms with Gasteiger partial charge < -0.3 is 20.1 Å². The quantitative estimate of drug-likeness (QED) is 0.280. The Kier molecular flexibility index (Phi) is 8.90. The van der Waals surface area contributed by atoms with Gasteiger partial charge in [0, 0.05) is 23.2 Å². The number of carbonyl (C=O) groups is 3. The highest BCUT2D eigenvalue weighted by Gasteiger charge is 2.19. The summed E-state index contributed by atoms with van der Waals surface area (Å²) in [5.74, 6) is -2.56. The molecule has 1 aliphatic heterocycles. The molecule has 0 saturated carbocycles. The lowest BCUT2D eigenvalue weighted by Crippen LogP contribution is -2.41. The number of carbonyl (C=O) groups excluding carboxylic acids is 3. The third-order valence-electron chi connectivity index (χ3n) is 4.57. The minimum atomic E-state index is -0.918. The zero-order chi connectivity index (χ0) is 23.6. The zero-order valence-electron chi connectivity index (χ0n) is 17.5. The van der Waals surface area contributed by atoms with Gasteiger partial charge in [-0.15, -0.1) is 0 Å². The lowest BCUT2D eigenvalue weighted by atomic mass is 10.2. The molecule has 1 atom stereocenters. The fraction of sp³-hybridized carbons (Fsp3) is 0.273. The van der Waals surface area contributed by atoms with Crippen LogP contribution < -0.4 is 20.8 Å². The lowest BCUT2D eigenvalue weighted by molar-refractivity contribution is -0.139. The van der Waals surface area contributed by atoms with Crippen LogP contribution in [0.3, 0.4) is 0 Å². The van der Waals surface area contributed by atoms with Gasteiger partial charge in [0.05, 0.1) is 18.0 Å². The number of rotatable bonds is 8. The van der Waals surface area contributed by atoms with Crippen LogP contribution in [0.2, 0.25) is 0 Å². The van der Waals surface area contributed by atoms with Crippen molar-refractivity contribution in [2.75, 3.05) is 25.1 Å². The normalized spacial score (nSPS) is 15.3. The van der Waals surface area contributed by atoms with Gasteiger partial charge in [0.2, 0.25) is 0 Å². The van der Waals surface area contributed by atoms with Crippen molar-refractivity contribution in [3.63, 3.8) is 0 Å². The van der Waals surface area contributed by atoms with Crippen LogP contribution in [-0.4, -0.2) is 49.8 Å². The van der Waals surface area contributed by atoms with Gasteiger partial charge in [0.1, 0.15) is 11.6 Å².